The second kappa shape index (κ2) is 20.7. The van der Waals surface area contributed by atoms with Gasteiger partial charge in [-0.3, -0.25) is 4.79 Å². The zero-order chi connectivity index (χ0) is 24.9. The lowest BCUT2D eigenvalue weighted by Gasteiger charge is -2.28. The van der Waals surface area contributed by atoms with Crippen molar-refractivity contribution in [1.29, 1.82) is 0 Å². The van der Waals surface area contributed by atoms with E-state index in [1.807, 2.05) is 6.07 Å². The van der Waals surface area contributed by atoms with Crippen LogP contribution >= 0.6 is 0 Å². The molecule has 3 N–H and O–H groups in total. The fraction of sp³-hybridized carbons (Fsp3) is 0.710. The van der Waals surface area contributed by atoms with Crippen LogP contribution in [-0.2, 0) is 11.2 Å². The molecule has 0 radical (unpaired) electrons. The van der Waals surface area contributed by atoms with Gasteiger partial charge in [0.1, 0.15) is 0 Å². The summed E-state index contributed by atoms with van der Waals surface area (Å²) in [6, 6.07) is 10.5. The number of carbonyl (C=O) groups is 1. The summed E-state index contributed by atoms with van der Waals surface area (Å²) in [5.74, 6) is 0.632. The Morgan fingerprint density at radius 1 is 0.853 bits per heavy atom. The third-order valence-corrected chi connectivity index (χ3v) is 7.31. The minimum Gasteiger partial charge on any atom is -0.481 e. The predicted molar refractivity (Wildman–Crippen MR) is 147 cm³/mol. The Bertz CT molecular complexity index is 628. The smallest absolute Gasteiger partial charge is 0.303 e. The highest BCUT2D eigenvalue weighted by molar-refractivity contribution is 5.67. The number of carboxylic acids is 1. The SMILES string of the molecule is CCCCCCC=CCC(CCCCC)CCC(CCN)C(CCc1ccccc1)CC(=O)O. The van der Waals surface area contributed by atoms with E-state index in [1.165, 1.54) is 76.2 Å². The summed E-state index contributed by atoms with van der Waals surface area (Å²) in [7, 11) is 0. The molecule has 0 aromatic heterocycles. The van der Waals surface area contributed by atoms with E-state index in [0.29, 0.717) is 18.4 Å². The largest absolute Gasteiger partial charge is 0.481 e. The molecule has 0 aliphatic rings. The van der Waals surface area contributed by atoms with Crippen LogP contribution < -0.4 is 5.73 Å². The molecule has 3 heteroatoms. The van der Waals surface area contributed by atoms with Crippen molar-refractivity contribution in [2.75, 3.05) is 6.54 Å². The van der Waals surface area contributed by atoms with Crippen LogP contribution in [0.25, 0.3) is 0 Å². The molecule has 1 aromatic carbocycles. The molecule has 0 aliphatic carbocycles. The van der Waals surface area contributed by atoms with Crippen molar-refractivity contribution in [3.05, 3.63) is 48.0 Å². The van der Waals surface area contributed by atoms with Crippen molar-refractivity contribution in [2.45, 2.75) is 117 Å². The van der Waals surface area contributed by atoms with Crippen molar-refractivity contribution < 1.29 is 9.90 Å². The number of benzene rings is 1. The molecule has 1 aromatic rings. The standard InChI is InChI=1S/C31H53NO2/c1-3-5-7-8-9-10-13-17-27(16-12-6-4-2)20-22-29(24-25-32)30(26-31(33)34)23-21-28-18-14-11-15-19-28/h10-11,13-15,18-19,27,29-30H,3-9,12,16-17,20-26,32H2,1-2H3,(H,33,34). The normalized spacial score (nSPS) is 14.3. The Labute approximate surface area is 210 Å². The van der Waals surface area contributed by atoms with Crippen LogP contribution in [-0.4, -0.2) is 17.6 Å². The summed E-state index contributed by atoms with van der Waals surface area (Å²) in [5, 5.41) is 9.60. The van der Waals surface area contributed by atoms with Gasteiger partial charge in [-0.25, -0.2) is 0 Å². The van der Waals surface area contributed by atoms with E-state index in [2.05, 4.69) is 50.3 Å². The van der Waals surface area contributed by atoms with Crippen LogP contribution in [0.5, 0.6) is 0 Å². The van der Waals surface area contributed by atoms with Gasteiger partial charge in [-0.2, -0.15) is 0 Å². The molecule has 3 unspecified atom stereocenters. The Morgan fingerprint density at radius 2 is 1.59 bits per heavy atom. The molecule has 194 valence electrons. The van der Waals surface area contributed by atoms with Crippen molar-refractivity contribution in [3.63, 3.8) is 0 Å². The Hall–Kier alpha value is -1.61. The summed E-state index contributed by atoms with van der Waals surface area (Å²) in [4.78, 5) is 11.7. The van der Waals surface area contributed by atoms with Crippen molar-refractivity contribution in [1.82, 2.24) is 0 Å². The number of carboxylic acid groups (broad SMARTS) is 1. The predicted octanol–water partition coefficient (Wildman–Crippen LogP) is 8.57. The Morgan fingerprint density at radius 3 is 2.26 bits per heavy atom. The molecular formula is C31H53NO2. The van der Waals surface area contributed by atoms with Crippen molar-refractivity contribution in [3.8, 4) is 0 Å². The molecule has 0 amide bonds. The zero-order valence-electron chi connectivity index (χ0n) is 22.2. The molecule has 0 heterocycles. The van der Waals surface area contributed by atoms with Gasteiger partial charge < -0.3 is 10.8 Å². The lowest BCUT2D eigenvalue weighted by atomic mass is 9.78. The number of aliphatic carboxylic acids is 1. The molecule has 1 rings (SSSR count). The number of rotatable bonds is 22. The Kier molecular flexibility index (Phi) is 18.6. The van der Waals surface area contributed by atoms with Crippen LogP contribution in [0.15, 0.2) is 42.5 Å². The molecule has 0 aliphatic heterocycles. The summed E-state index contributed by atoms with van der Waals surface area (Å²) in [6.45, 7) is 5.17. The first-order valence-electron chi connectivity index (χ1n) is 14.2. The number of nitrogens with two attached hydrogens (primary N) is 1. The average Bonchev–Trinajstić information content (AvgIpc) is 2.83. The van der Waals surface area contributed by atoms with E-state index in [0.717, 1.165) is 25.7 Å². The van der Waals surface area contributed by atoms with E-state index in [1.54, 1.807) is 0 Å². The first kappa shape index (κ1) is 30.4. The molecule has 3 nitrogen and oxygen atoms in total. The zero-order valence-corrected chi connectivity index (χ0v) is 22.2. The summed E-state index contributed by atoms with van der Waals surface area (Å²) >= 11 is 0. The maximum atomic E-state index is 11.7. The van der Waals surface area contributed by atoms with Crippen molar-refractivity contribution >= 4 is 5.97 Å². The second-order valence-electron chi connectivity index (χ2n) is 10.2. The van der Waals surface area contributed by atoms with Crippen LogP contribution in [0.2, 0.25) is 0 Å². The van der Waals surface area contributed by atoms with E-state index in [9.17, 15) is 9.90 Å². The highest BCUT2D eigenvalue weighted by Crippen LogP contribution is 2.32. The molecule has 34 heavy (non-hydrogen) atoms. The van der Waals surface area contributed by atoms with E-state index in [4.69, 9.17) is 5.73 Å². The first-order chi connectivity index (χ1) is 16.6. The minimum absolute atomic E-state index is 0.201. The number of hydrogen-bond donors (Lipinski definition) is 2. The monoisotopic (exact) mass is 471 g/mol. The van der Waals surface area contributed by atoms with E-state index in [-0.39, 0.29) is 12.3 Å². The molecule has 3 atom stereocenters. The third kappa shape index (κ3) is 15.3. The molecule has 0 saturated carbocycles. The van der Waals surface area contributed by atoms with Gasteiger partial charge in [0.15, 0.2) is 0 Å². The van der Waals surface area contributed by atoms with Crippen LogP contribution in [0.1, 0.15) is 116 Å². The van der Waals surface area contributed by atoms with Gasteiger partial charge in [0.25, 0.3) is 0 Å². The fourth-order valence-electron chi connectivity index (χ4n) is 5.16. The van der Waals surface area contributed by atoms with Crippen LogP contribution in [0.3, 0.4) is 0 Å². The molecule has 0 fully saturated rings. The van der Waals surface area contributed by atoms with E-state index < -0.39 is 5.97 Å². The molecule has 0 spiro atoms. The Balaban J connectivity index is 2.69. The van der Waals surface area contributed by atoms with Crippen LogP contribution in [0, 0.1) is 17.8 Å². The second-order valence-corrected chi connectivity index (χ2v) is 10.2. The highest BCUT2D eigenvalue weighted by atomic mass is 16.4. The summed E-state index contributed by atoms with van der Waals surface area (Å²) < 4.78 is 0. The quantitative estimate of drug-likeness (QED) is 0.131. The number of aryl methyl sites for hydroxylation is 1. The highest BCUT2D eigenvalue weighted by Gasteiger charge is 2.24. The maximum absolute atomic E-state index is 11.7. The first-order valence-corrected chi connectivity index (χ1v) is 14.2. The number of allylic oxidation sites excluding steroid dienone is 2. The minimum atomic E-state index is -0.675. The number of hydrogen-bond acceptors (Lipinski definition) is 2. The van der Waals surface area contributed by atoms with Gasteiger partial charge in [-0.15, -0.1) is 0 Å². The summed E-state index contributed by atoms with van der Waals surface area (Å²) in [5.41, 5.74) is 7.30. The molecule has 0 bridgehead atoms. The average molecular weight is 472 g/mol. The molecule has 0 saturated heterocycles. The number of unbranched alkanes of at least 4 members (excludes halogenated alkanes) is 6. The van der Waals surface area contributed by atoms with Gasteiger partial charge in [0.2, 0.25) is 0 Å². The van der Waals surface area contributed by atoms with Gasteiger partial charge in [0, 0.05) is 6.42 Å². The van der Waals surface area contributed by atoms with Gasteiger partial charge >= 0.3 is 5.97 Å². The lowest BCUT2D eigenvalue weighted by Crippen LogP contribution is -2.23. The lowest BCUT2D eigenvalue weighted by molar-refractivity contribution is -0.138. The molecular weight excluding hydrogens is 418 g/mol. The van der Waals surface area contributed by atoms with Gasteiger partial charge in [-0.05, 0) is 81.2 Å². The maximum Gasteiger partial charge on any atom is 0.303 e. The fourth-order valence-corrected chi connectivity index (χ4v) is 5.16. The van der Waals surface area contributed by atoms with Crippen molar-refractivity contribution in [2.24, 2.45) is 23.5 Å². The summed E-state index contributed by atoms with van der Waals surface area (Å²) in [6.07, 6.45) is 23.0. The topological polar surface area (TPSA) is 63.3 Å². The van der Waals surface area contributed by atoms with Gasteiger partial charge in [-0.1, -0.05) is 101 Å². The van der Waals surface area contributed by atoms with Crippen LogP contribution in [0.4, 0.5) is 0 Å². The van der Waals surface area contributed by atoms with E-state index >= 15 is 0 Å². The third-order valence-electron chi connectivity index (χ3n) is 7.31. The van der Waals surface area contributed by atoms with Gasteiger partial charge in [0.05, 0.1) is 0 Å².